The van der Waals surface area contributed by atoms with Crippen LogP contribution in [0.5, 0.6) is 0 Å². The van der Waals surface area contributed by atoms with E-state index in [1.165, 1.54) is 103 Å². The Morgan fingerprint density at radius 1 is 0.759 bits per heavy atom. The Morgan fingerprint density at radius 3 is 1.59 bits per heavy atom. The minimum Gasteiger partial charge on any atom is -1.00 e. The molecule has 3 nitrogen and oxygen atoms in total. The van der Waals surface area contributed by atoms with Gasteiger partial charge in [0.2, 0.25) is 0 Å². The van der Waals surface area contributed by atoms with E-state index in [1.807, 2.05) is 12.2 Å². The summed E-state index contributed by atoms with van der Waals surface area (Å²) < 4.78 is 0. The van der Waals surface area contributed by atoms with Crippen LogP contribution in [0.2, 0.25) is 0 Å². The Balaban J connectivity index is -0.00000364. The number of carboxylic acids is 1. The zero-order chi connectivity index (χ0) is 20.7. The molecule has 0 fully saturated rings. The largest absolute Gasteiger partial charge is 1.00 e. The first kappa shape index (κ1) is 30.9. The Morgan fingerprint density at radius 2 is 1.17 bits per heavy atom. The molecule has 1 N–H and O–H groups in total. The SMILES string of the molecule is CCCCCCCCCCCCCCCCCCC=CC=CN(C)CC(=O)O.[H-].[Na+]. The molecule has 0 atom stereocenters. The molecule has 0 unspecified atom stereocenters. The molecule has 0 spiro atoms. The van der Waals surface area contributed by atoms with Crippen LogP contribution in [0.3, 0.4) is 0 Å². The van der Waals surface area contributed by atoms with Gasteiger partial charge in [0.15, 0.2) is 0 Å². The summed E-state index contributed by atoms with van der Waals surface area (Å²) in [6, 6.07) is 0. The molecule has 0 saturated heterocycles. The van der Waals surface area contributed by atoms with Crippen molar-refractivity contribution in [1.29, 1.82) is 0 Å². The van der Waals surface area contributed by atoms with Crippen LogP contribution in [-0.4, -0.2) is 29.6 Å². The average molecular weight is 418 g/mol. The topological polar surface area (TPSA) is 40.5 Å². The van der Waals surface area contributed by atoms with Crippen molar-refractivity contribution in [2.75, 3.05) is 13.6 Å². The summed E-state index contributed by atoms with van der Waals surface area (Å²) in [5.41, 5.74) is 0. The second kappa shape index (κ2) is 25.8. The van der Waals surface area contributed by atoms with Crippen molar-refractivity contribution >= 4 is 5.97 Å². The van der Waals surface area contributed by atoms with Crippen molar-refractivity contribution in [3.05, 3.63) is 24.4 Å². The predicted octanol–water partition coefficient (Wildman–Crippen LogP) is 4.84. The Labute approximate surface area is 205 Å². The van der Waals surface area contributed by atoms with Gasteiger partial charge in [-0.15, -0.1) is 0 Å². The van der Waals surface area contributed by atoms with E-state index in [0.29, 0.717) is 0 Å². The van der Waals surface area contributed by atoms with Crippen LogP contribution in [0.25, 0.3) is 0 Å². The third-order valence-corrected chi connectivity index (χ3v) is 5.20. The van der Waals surface area contributed by atoms with Crippen LogP contribution in [0.4, 0.5) is 0 Å². The number of aliphatic carboxylic acids is 1. The molecule has 0 saturated carbocycles. The third kappa shape index (κ3) is 27.8. The van der Waals surface area contributed by atoms with Gasteiger partial charge in [-0.25, -0.2) is 0 Å². The second-order valence-corrected chi connectivity index (χ2v) is 8.17. The summed E-state index contributed by atoms with van der Waals surface area (Å²) in [5, 5.41) is 8.66. The molecule has 0 aromatic heterocycles. The van der Waals surface area contributed by atoms with Crippen molar-refractivity contribution in [2.24, 2.45) is 0 Å². The summed E-state index contributed by atoms with van der Waals surface area (Å²) in [5.74, 6) is -0.802. The van der Waals surface area contributed by atoms with Gasteiger partial charge in [0.05, 0.1) is 0 Å². The number of hydrogen-bond donors (Lipinski definition) is 1. The van der Waals surface area contributed by atoms with Crippen LogP contribution < -0.4 is 29.6 Å². The summed E-state index contributed by atoms with van der Waals surface area (Å²) in [6.07, 6.45) is 31.5. The van der Waals surface area contributed by atoms with Gasteiger partial charge in [-0.2, -0.15) is 0 Å². The normalized spacial score (nSPS) is 11.2. The average Bonchev–Trinajstić information content (AvgIpc) is 2.66. The molecule has 0 aliphatic rings. The molecule has 166 valence electrons. The van der Waals surface area contributed by atoms with E-state index < -0.39 is 5.97 Å². The molecular formula is C25H48NNaO2. The van der Waals surface area contributed by atoms with Gasteiger partial charge in [-0.3, -0.25) is 4.79 Å². The van der Waals surface area contributed by atoms with Crippen LogP contribution in [0.15, 0.2) is 24.4 Å². The number of likely N-dealkylation sites (N-methyl/N-ethyl adjacent to an activating group) is 1. The number of allylic oxidation sites excluding steroid dienone is 3. The molecule has 0 radical (unpaired) electrons. The monoisotopic (exact) mass is 417 g/mol. The van der Waals surface area contributed by atoms with Crippen molar-refractivity contribution in [1.82, 2.24) is 4.90 Å². The van der Waals surface area contributed by atoms with Crippen LogP contribution in [-0.2, 0) is 4.79 Å². The maximum Gasteiger partial charge on any atom is 1.00 e. The van der Waals surface area contributed by atoms with E-state index in [2.05, 4.69) is 13.0 Å². The zero-order valence-corrected chi connectivity index (χ0v) is 21.8. The van der Waals surface area contributed by atoms with Gasteiger partial charge >= 0.3 is 35.5 Å². The number of unbranched alkanes of at least 4 members (excludes halogenated alkanes) is 16. The Bertz CT molecular complexity index is 403. The fourth-order valence-corrected chi connectivity index (χ4v) is 3.45. The van der Waals surface area contributed by atoms with E-state index in [9.17, 15) is 4.79 Å². The number of hydrogen-bond acceptors (Lipinski definition) is 2. The summed E-state index contributed by atoms with van der Waals surface area (Å²) >= 11 is 0. The number of carbonyl (C=O) groups is 1. The van der Waals surface area contributed by atoms with E-state index in [-0.39, 0.29) is 37.5 Å². The van der Waals surface area contributed by atoms with Crippen molar-refractivity contribution in [3.63, 3.8) is 0 Å². The molecule has 0 rings (SSSR count). The van der Waals surface area contributed by atoms with Crippen molar-refractivity contribution in [2.45, 2.75) is 116 Å². The molecular weight excluding hydrogens is 369 g/mol. The molecule has 0 bridgehead atoms. The predicted molar refractivity (Wildman–Crippen MR) is 124 cm³/mol. The number of rotatable bonds is 21. The first-order valence-corrected chi connectivity index (χ1v) is 11.9. The quantitative estimate of drug-likeness (QED) is 0.165. The van der Waals surface area contributed by atoms with E-state index in [4.69, 9.17) is 5.11 Å². The maximum atomic E-state index is 10.5. The minimum atomic E-state index is -0.802. The number of carboxylic acid groups (broad SMARTS) is 1. The Hall–Kier alpha value is -0.250. The molecule has 0 aromatic carbocycles. The maximum absolute atomic E-state index is 10.5. The van der Waals surface area contributed by atoms with Crippen LogP contribution >= 0.6 is 0 Å². The second-order valence-electron chi connectivity index (χ2n) is 8.17. The molecule has 0 heterocycles. The molecule has 4 heteroatoms. The minimum absolute atomic E-state index is 0. The molecule has 0 aliphatic heterocycles. The Kier molecular flexibility index (Phi) is 27.5. The smallest absolute Gasteiger partial charge is 1.00 e. The summed E-state index contributed by atoms with van der Waals surface area (Å²) in [6.45, 7) is 2.33. The molecule has 0 aliphatic carbocycles. The van der Waals surface area contributed by atoms with Crippen LogP contribution in [0.1, 0.15) is 118 Å². The van der Waals surface area contributed by atoms with Gasteiger partial charge in [-0.05, 0) is 25.1 Å². The summed E-state index contributed by atoms with van der Waals surface area (Å²) in [7, 11) is 1.77. The molecule has 0 aromatic rings. The van der Waals surface area contributed by atoms with E-state index >= 15 is 0 Å². The fourth-order valence-electron chi connectivity index (χ4n) is 3.45. The fraction of sp³-hybridized carbons (Fsp3) is 0.800. The zero-order valence-electron chi connectivity index (χ0n) is 20.8. The summed E-state index contributed by atoms with van der Waals surface area (Å²) in [4.78, 5) is 12.2. The van der Waals surface area contributed by atoms with E-state index in [1.54, 1.807) is 18.1 Å². The van der Waals surface area contributed by atoms with E-state index in [0.717, 1.165) is 6.42 Å². The van der Waals surface area contributed by atoms with Crippen LogP contribution in [0, 0.1) is 0 Å². The number of nitrogens with zero attached hydrogens (tertiary/aromatic N) is 1. The third-order valence-electron chi connectivity index (χ3n) is 5.20. The van der Waals surface area contributed by atoms with Gasteiger partial charge in [0, 0.05) is 7.05 Å². The standard InChI is InChI=1S/C25H47NO2.Na.H/c1-3-4-5-6-7-8-9-10-11-12-13-14-15-16-17-18-19-20-21-22-23-26(2)24-25(27)28;;/h20-23H,3-19,24H2,1-2H3,(H,27,28);;/q;+1;-1. The van der Waals surface area contributed by atoms with Crippen molar-refractivity contribution in [3.8, 4) is 0 Å². The molecule has 0 amide bonds. The van der Waals surface area contributed by atoms with Gasteiger partial charge in [0.1, 0.15) is 6.54 Å². The first-order valence-electron chi connectivity index (χ1n) is 11.9. The first-order chi connectivity index (χ1) is 13.7. The van der Waals surface area contributed by atoms with Gasteiger partial charge < -0.3 is 11.4 Å². The van der Waals surface area contributed by atoms with Gasteiger partial charge in [-0.1, -0.05) is 115 Å². The van der Waals surface area contributed by atoms with Crippen molar-refractivity contribution < 1.29 is 40.9 Å². The molecule has 29 heavy (non-hydrogen) atoms. The van der Waals surface area contributed by atoms with Gasteiger partial charge in [0.25, 0.3) is 0 Å².